The summed E-state index contributed by atoms with van der Waals surface area (Å²) in [5.41, 5.74) is -1.43. The van der Waals surface area contributed by atoms with Gasteiger partial charge in [-0.1, -0.05) is 19.1 Å². The van der Waals surface area contributed by atoms with Crippen molar-refractivity contribution in [3.63, 3.8) is 0 Å². The fourth-order valence-corrected chi connectivity index (χ4v) is 1.45. The largest absolute Gasteiger partial charge is 0.480 e. The van der Waals surface area contributed by atoms with Crippen molar-refractivity contribution < 1.29 is 23.5 Å². The third kappa shape index (κ3) is 3.66. The predicted octanol–water partition coefficient (Wildman–Crippen LogP) is 2.02. The Balaban J connectivity index is 2.64. The molecule has 0 heterocycles. The number of aliphatic carboxylic acids is 1. The second-order valence-electron chi connectivity index (χ2n) is 4.51. The molecule has 7 heteroatoms. The highest BCUT2D eigenvalue weighted by Gasteiger charge is 2.32. The van der Waals surface area contributed by atoms with Crippen LogP contribution in [0.4, 0.5) is 13.6 Å². The fourth-order valence-electron chi connectivity index (χ4n) is 1.45. The van der Waals surface area contributed by atoms with E-state index in [9.17, 15) is 18.4 Å². The first-order chi connectivity index (χ1) is 9.30. The zero-order valence-electron chi connectivity index (χ0n) is 11.2. The van der Waals surface area contributed by atoms with Crippen molar-refractivity contribution in [1.82, 2.24) is 10.6 Å². The lowest BCUT2D eigenvalue weighted by Gasteiger charge is -2.24. The Kier molecular flexibility index (Phi) is 5.01. The van der Waals surface area contributed by atoms with Crippen molar-refractivity contribution in [3.05, 3.63) is 35.4 Å². The first-order valence-electron chi connectivity index (χ1n) is 6.02. The Bertz CT molecular complexity index is 522. The highest BCUT2D eigenvalue weighted by atomic mass is 19.2. The van der Waals surface area contributed by atoms with E-state index in [2.05, 4.69) is 10.6 Å². The number of carboxylic acid groups (broad SMARTS) is 1. The van der Waals surface area contributed by atoms with Crippen molar-refractivity contribution in [2.75, 3.05) is 0 Å². The maximum Gasteiger partial charge on any atom is 0.329 e. The molecule has 0 radical (unpaired) electrons. The minimum atomic E-state index is -1.41. The Morgan fingerprint density at radius 3 is 2.55 bits per heavy atom. The highest BCUT2D eigenvalue weighted by Crippen LogP contribution is 2.11. The number of amides is 2. The number of urea groups is 1. The molecule has 1 aromatic carbocycles. The summed E-state index contributed by atoms with van der Waals surface area (Å²) >= 11 is 0. The van der Waals surface area contributed by atoms with Crippen molar-refractivity contribution in [2.45, 2.75) is 32.4 Å². The standard InChI is InChI=1S/C13H16F2N2O3/c1-3-13(2,11(18)19)17-12(20)16-7-8-5-4-6-9(14)10(8)15/h4-6H,3,7H2,1-2H3,(H,18,19)(H2,16,17,20). The number of carbonyl (C=O) groups is 2. The Labute approximate surface area is 115 Å². The van der Waals surface area contributed by atoms with Crippen molar-refractivity contribution in [3.8, 4) is 0 Å². The Morgan fingerprint density at radius 2 is 2.00 bits per heavy atom. The minimum absolute atomic E-state index is 0.0197. The lowest BCUT2D eigenvalue weighted by atomic mass is 10.00. The summed E-state index contributed by atoms with van der Waals surface area (Å²) in [4.78, 5) is 22.6. The molecule has 0 saturated carbocycles. The Morgan fingerprint density at radius 1 is 1.35 bits per heavy atom. The average molecular weight is 286 g/mol. The molecule has 3 N–H and O–H groups in total. The van der Waals surface area contributed by atoms with Crippen LogP contribution in [0.1, 0.15) is 25.8 Å². The van der Waals surface area contributed by atoms with Crippen molar-refractivity contribution in [1.29, 1.82) is 0 Å². The van der Waals surface area contributed by atoms with Gasteiger partial charge in [-0.05, 0) is 19.4 Å². The smallest absolute Gasteiger partial charge is 0.329 e. The molecule has 0 aromatic heterocycles. The van der Waals surface area contributed by atoms with E-state index in [1.807, 2.05) is 0 Å². The molecular weight excluding hydrogens is 270 g/mol. The van der Waals surface area contributed by atoms with Crippen LogP contribution < -0.4 is 10.6 Å². The van der Waals surface area contributed by atoms with Gasteiger partial charge in [0.05, 0.1) is 0 Å². The first kappa shape index (κ1) is 15.9. The normalized spacial score (nSPS) is 13.4. The molecule has 0 aliphatic rings. The SMILES string of the molecule is CCC(C)(NC(=O)NCc1cccc(F)c1F)C(=O)O. The summed E-state index contributed by atoms with van der Waals surface area (Å²) < 4.78 is 26.3. The monoisotopic (exact) mass is 286 g/mol. The van der Waals surface area contributed by atoms with Gasteiger partial charge >= 0.3 is 12.0 Å². The average Bonchev–Trinajstić information content (AvgIpc) is 2.40. The third-order valence-electron chi connectivity index (χ3n) is 3.04. The van der Waals surface area contributed by atoms with Crippen LogP contribution >= 0.6 is 0 Å². The van der Waals surface area contributed by atoms with Crippen LogP contribution in [0, 0.1) is 11.6 Å². The lowest BCUT2D eigenvalue weighted by molar-refractivity contribution is -0.143. The third-order valence-corrected chi connectivity index (χ3v) is 3.04. The minimum Gasteiger partial charge on any atom is -0.480 e. The molecular formula is C13H16F2N2O3. The van der Waals surface area contributed by atoms with E-state index in [0.29, 0.717) is 0 Å². The van der Waals surface area contributed by atoms with E-state index in [1.54, 1.807) is 6.92 Å². The van der Waals surface area contributed by atoms with Crippen LogP contribution in [0.3, 0.4) is 0 Å². The molecule has 0 aliphatic heterocycles. The molecule has 0 spiro atoms. The summed E-state index contributed by atoms with van der Waals surface area (Å²) in [6.07, 6.45) is 0.185. The summed E-state index contributed by atoms with van der Waals surface area (Å²) in [6, 6.07) is 2.85. The van der Waals surface area contributed by atoms with Crippen LogP contribution in [0.15, 0.2) is 18.2 Å². The van der Waals surface area contributed by atoms with Crippen molar-refractivity contribution in [2.24, 2.45) is 0 Å². The molecule has 0 saturated heterocycles. The van der Waals surface area contributed by atoms with Gasteiger partial charge in [-0.15, -0.1) is 0 Å². The number of benzene rings is 1. The molecule has 1 aromatic rings. The molecule has 110 valence electrons. The van der Waals surface area contributed by atoms with Gasteiger partial charge in [-0.25, -0.2) is 18.4 Å². The maximum atomic E-state index is 13.3. The molecule has 1 atom stereocenters. The van der Waals surface area contributed by atoms with Crippen LogP contribution in [0.5, 0.6) is 0 Å². The first-order valence-corrected chi connectivity index (χ1v) is 6.02. The topological polar surface area (TPSA) is 78.4 Å². The molecule has 1 unspecified atom stereocenters. The summed E-state index contributed by atoms with van der Waals surface area (Å²) in [7, 11) is 0. The van der Waals surface area contributed by atoms with Gasteiger partial charge in [0.2, 0.25) is 0 Å². The van der Waals surface area contributed by atoms with Gasteiger partial charge in [-0.3, -0.25) is 0 Å². The Hall–Kier alpha value is -2.18. The number of hydrogen-bond donors (Lipinski definition) is 3. The summed E-state index contributed by atoms with van der Waals surface area (Å²) in [6.45, 7) is 2.73. The predicted molar refractivity (Wildman–Crippen MR) is 68.1 cm³/mol. The zero-order valence-corrected chi connectivity index (χ0v) is 11.2. The number of carbonyl (C=O) groups excluding carboxylic acids is 1. The highest BCUT2D eigenvalue weighted by molar-refractivity contribution is 5.85. The van der Waals surface area contributed by atoms with Crippen LogP contribution in [-0.2, 0) is 11.3 Å². The van der Waals surface area contributed by atoms with E-state index in [4.69, 9.17) is 5.11 Å². The van der Waals surface area contributed by atoms with Gasteiger partial charge in [-0.2, -0.15) is 0 Å². The van der Waals surface area contributed by atoms with Gasteiger partial charge in [0, 0.05) is 12.1 Å². The van der Waals surface area contributed by atoms with Crippen molar-refractivity contribution >= 4 is 12.0 Å². The van der Waals surface area contributed by atoms with Gasteiger partial charge in [0.25, 0.3) is 0 Å². The second kappa shape index (κ2) is 6.31. The summed E-state index contributed by atoms with van der Waals surface area (Å²) in [5.74, 6) is -3.22. The molecule has 0 fully saturated rings. The summed E-state index contributed by atoms with van der Waals surface area (Å²) in [5, 5.41) is 13.6. The van der Waals surface area contributed by atoms with E-state index in [-0.39, 0.29) is 18.5 Å². The van der Waals surface area contributed by atoms with Gasteiger partial charge < -0.3 is 15.7 Å². The van der Waals surface area contributed by atoms with Gasteiger partial charge in [0.15, 0.2) is 11.6 Å². The van der Waals surface area contributed by atoms with E-state index >= 15 is 0 Å². The quantitative estimate of drug-likeness (QED) is 0.775. The number of hydrogen-bond acceptors (Lipinski definition) is 2. The number of nitrogens with one attached hydrogen (secondary N) is 2. The molecule has 20 heavy (non-hydrogen) atoms. The van der Waals surface area contributed by atoms with E-state index in [1.165, 1.54) is 19.1 Å². The van der Waals surface area contributed by atoms with E-state index < -0.39 is 29.2 Å². The van der Waals surface area contributed by atoms with Crippen LogP contribution in [0.25, 0.3) is 0 Å². The maximum absolute atomic E-state index is 13.3. The second-order valence-corrected chi connectivity index (χ2v) is 4.51. The van der Waals surface area contributed by atoms with Crippen LogP contribution in [-0.4, -0.2) is 22.6 Å². The van der Waals surface area contributed by atoms with Crippen LogP contribution in [0.2, 0.25) is 0 Å². The lowest BCUT2D eigenvalue weighted by Crippen LogP contribution is -2.54. The molecule has 1 rings (SSSR count). The van der Waals surface area contributed by atoms with Gasteiger partial charge in [0.1, 0.15) is 5.54 Å². The molecule has 0 aliphatic carbocycles. The number of halogens is 2. The van der Waals surface area contributed by atoms with E-state index in [0.717, 1.165) is 6.07 Å². The zero-order chi connectivity index (χ0) is 15.3. The molecule has 0 bridgehead atoms. The molecule has 5 nitrogen and oxygen atoms in total. The fraction of sp³-hybridized carbons (Fsp3) is 0.385. The number of rotatable bonds is 5. The number of carboxylic acids is 1. The molecule has 2 amide bonds.